The molecule has 2 heterocycles. The van der Waals surface area contributed by atoms with Gasteiger partial charge in [-0.15, -0.1) is 0 Å². The van der Waals surface area contributed by atoms with Crippen LogP contribution in [0.4, 0.5) is 4.39 Å². The number of hydrogen-bond donors (Lipinski definition) is 2. The zero-order valence-corrected chi connectivity index (χ0v) is 20.4. The van der Waals surface area contributed by atoms with Gasteiger partial charge in [-0.1, -0.05) is 42.0 Å². The number of carboxylic acid groups (broad SMARTS) is 1. The van der Waals surface area contributed by atoms with Gasteiger partial charge in [0.1, 0.15) is 18.3 Å². The van der Waals surface area contributed by atoms with Gasteiger partial charge >= 0.3 is 11.9 Å². The van der Waals surface area contributed by atoms with Crippen molar-refractivity contribution in [1.29, 1.82) is 0 Å². The van der Waals surface area contributed by atoms with Crippen LogP contribution in [0.25, 0.3) is 0 Å². The average molecular weight is 499 g/mol. The molecule has 0 spiro atoms. The fourth-order valence-electron chi connectivity index (χ4n) is 4.96. The second-order valence-electron chi connectivity index (χ2n) is 9.74. The summed E-state index contributed by atoms with van der Waals surface area (Å²) in [4.78, 5) is 39.6. The molecule has 0 aliphatic carbocycles. The molecule has 4 atom stereocenters. The number of aryl methyl sites for hydroxylation is 1. The first-order chi connectivity index (χ1) is 17.2. The minimum absolute atomic E-state index is 0.0693. The zero-order chi connectivity index (χ0) is 25.8. The molecule has 2 aliphatic heterocycles. The molecular formula is C27H33FN3O5+. The molecule has 9 heteroatoms. The summed E-state index contributed by atoms with van der Waals surface area (Å²) >= 11 is 0. The van der Waals surface area contributed by atoms with Gasteiger partial charge < -0.3 is 20.5 Å². The van der Waals surface area contributed by atoms with Gasteiger partial charge in [-0.2, -0.15) is 0 Å². The van der Waals surface area contributed by atoms with Crippen LogP contribution in [0.5, 0.6) is 5.75 Å². The number of amides is 1. The normalized spacial score (nSPS) is 23.5. The highest BCUT2D eigenvalue weighted by Gasteiger charge is 2.40. The summed E-state index contributed by atoms with van der Waals surface area (Å²) in [5.74, 6) is -1.80. The fourth-order valence-corrected chi connectivity index (χ4v) is 4.96. The Morgan fingerprint density at radius 1 is 1.11 bits per heavy atom. The number of hydrogen-bond acceptors (Lipinski definition) is 5. The van der Waals surface area contributed by atoms with E-state index in [4.69, 9.17) is 9.84 Å². The molecule has 36 heavy (non-hydrogen) atoms. The third-order valence-electron chi connectivity index (χ3n) is 7.08. The summed E-state index contributed by atoms with van der Waals surface area (Å²) < 4.78 is 20.4. The van der Waals surface area contributed by atoms with E-state index >= 15 is 4.39 Å². The van der Waals surface area contributed by atoms with Gasteiger partial charge in [0.05, 0.1) is 6.04 Å². The first-order valence-electron chi connectivity index (χ1n) is 12.3. The second-order valence-corrected chi connectivity index (χ2v) is 9.74. The van der Waals surface area contributed by atoms with Gasteiger partial charge in [-0.05, 0) is 49.6 Å². The predicted molar refractivity (Wildman–Crippen MR) is 130 cm³/mol. The third-order valence-corrected chi connectivity index (χ3v) is 7.08. The lowest BCUT2D eigenvalue weighted by Gasteiger charge is -2.37. The molecule has 2 aromatic carbocycles. The van der Waals surface area contributed by atoms with E-state index in [1.165, 1.54) is 5.56 Å². The summed E-state index contributed by atoms with van der Waals surface area (Å²) in [5, 5.41) is 8.86. The Bertz CT molecular complexity index is 1090. The number of quaternary nitrogens is 1. The van der Waals surface area contributed by atoms with E-state index in [2.05, 4.69) is 5.73 Å². The number of benzene rings is 2. The average Bonchev–Trinajstić information content (AvgIpc) is 3.20. The minimum Gasteiger partial charge on any atom is -0.477 e. The maximum absolute atomic E-state index is 15.3. The van der Waals surface area contributed by atoms with E-state index in [1.54, 1.807) is 24.3 Å². The number of nitrogens with zero attached hydrogens (tertiary/aromatic N) is 2. The molecule has 4 rings (SSSR count). The molecule has 4 unspecified atom stereocenters. The first-order valence-corrected chi connectivity index (χ1v) is 12.3. The number of carbonyl (C=O) groups excluding carboxylic acids is 2. The van der Waals surface area contributed by atoms with Crippen LogP contribution in [0.1, 0.15) is 41.9 Å². The fraction of sp³-hybridized carbons (Fsp3) is 0.444. The van der Waals surface area contributed by atoms with Crippen molar-refractivity contribution < 1.29 is 34.4 Å². The van der Waals surface area contributed by atoms with Gasteiger partial charge in [-0.25, -0.2) is 9.18 Å². The Morgan fingerprint density at radius 3 is 2.44 bits per heavy atom. The topological polar surface area (TPSA) is 115 Å². The summed E-state index contributed by atoms with van der Waals surface area (Å²) in [6.45, 7) is 4.13. The number of likely N-dealkylation sites (tertiary alicyclic amines) is 2. The number of alkyl halides is 1. The maximum atomic E-state index is 15.3. The smallest absolute Gasteiger partial charge is 0.362 e. The van der Waals surface area contributed by atoms with Gasteiger partial charge in [-0.3, -0.25) is 14.5 Å². The lowest BCUT2D eigenvalue weighted by Crippen LogP contribution is -2.65. The monoisotopic (exact) mass is 498 g/mol. The molecule has 0 saturated carbocycles. The van der Waals surface area contributed by atoms with Crippen LogP contribution in [0.3, 0.4) is 0 Å². The number of rotatable bonds is 8. The van der Waals surface area contributed by atoms with Crippen molar-refractivity contribution >= 4 is 17.8 Å². The molecule has 2 aliphatic rings. The van der Waals surface area contributed by atoms with E-state index in [9.17, 15) is 14.4 Å². The van der Waals surface area contributed by atoms with Gasteiger partial charge in [0.2, 0.25) is 5.91 Å². The lowest BCUT2D eigenvalue weighted by molar-refractivity contribution is -0.406. The SMILES string of the molecule is Cc1ccc(CN2CCC(N3CCC(c4ccc(OC(=O)CC([NH3+])C(=O)O)cc4)C(F)C3)C2=O)cc1. The highest BCUT2D eigenvalue weighted by molar-refractivity contribution is 5.84. The Hall–Kier alpha value is -3.30. The summed E-state index contributed by atoms with van der Waals surface area (Å²) in [6.07, 6.45) is -0.152. The number of esters is 1. The van der Waals surface area contributed by atoms with E-state index in [1.807, 2.05) is 41.0 Å². The number of aliphatic carboxylic acids is 1. The number of piperidine rings is 1. The Labute approximate surface area is 209 Å². The molecule has 0 bridgehead atoms. The summed E-state index contributed by atoms with van der Waals surface area (Å²) in [7, 11) is 0. The lowest BCUT2D eigenvalue weighted by atomic mass is 9.87. The van der Waals surface area contributed by atoms with Crippen LogP contribution < -0.4 is 10.5 Å². The molecule has 0 aromatic heterocycles. The minimum atomic E-state index is -1.17. The largest absolute Gasteiger partial charge is 0.477 e. The highest BCUT2D eigenvalue weighted by Crippen LogP contribution is 2.34. The molecule has 0 radical (unpaired) electrons. The van der Waals surface area contributed by atoms with Crippen LogP contribution in [0.2, 0.25) is 0 Å². The molecule has 2 saturated heterocycles. The summed E-state index contributed by atoms with van der Waals surface area (Å²) in [6, 6.07) is 13.5. The number of ether oxygens (including phenoxy) is 1. The number of carboxylic acids is 1. The van der Waals surface area contributed by atoms with Crippen molar-refractivity contribution in [3.63, 3.8) is 0 Å². The molecular weight excluding hydrogens is 465 g/mol. The summed E-state index contributed by atoms with van der Waals surface area (Å²) in [5.41, 5.74) is 6.48. The number of carbonyl (C=O) groups is 3. The van der Waals surface area contributed by atoms with Crippen LogP contribution in [-0.4, -0.2) is 70.6 Å². The van der Waals surface area contributed by atoms with Crippen molar-refractivity contribution in [3.8, 4) is 5.75 Å². The Morgan fingerprint density at radius 2 is 1.81 bits per heavy atom. The van der Waals surface area contributed by atoms with Crippen LogP contribution >= 0.6 is 0 Å². The van der Waals surface area contributed by atoms with E-state index in [-0.39, 0.29) is 36.6 Å². The van der Waals surface area contributed by atoms with E-state index < -0.39 is 24.2 Å². The van der Waals surface area contributed by atoms with E-state index in [0.29, 0.717) is 32.5 Å². The van der Waals surface area contributed by atoms with Gasteiger partial charge in [0.25, 0.3) is 0 Å². The Balaban J connectivity index is 1.30. The van der Waals surface area contributed by atoms with Gasteiger partial charge in [0, 0.05) is 25.6 Å². The Kier molecular flexibility index (Phi) is 8.01. The first kappa shape index (κ1) is 25.8. The van der Waals surface area contributed by atoms with Crippen LogP contribution in [0.15, 0.2) is 48.5 Å². The second kappa shape index (κ2) is 11.2. The molecule has 8 nitrogen and oxygen atoms in total. The predicted octanol–water partition coefficient (Wildman–Crippen LogP) is 1.91. The highest BCUT2D eigenvalue weighted by atomic mass is 19.1. The quantitative estimate of drug-likeness (QED) is 0.425. The van der Waals surface area contributed by atoms with Crippen molar-refractivity contribution in [2.75, 3.05) is 19.6 Å². The third kappa shape index (κ3) is 6.09. The molecule has 1 amide bonds. The van der Waals surface area contributed by atoms with Gasteiger partial charge in [0.15, 0.2) is 6.04 Å². The molecule has 2 aromatic rings. The van der Waals surface area contributed by atoms with Crippen LogP contribution in [0, 0.1) is 6.92 Å². The van der Waals surface area contributed by atoms with Crippen molar-refractivity contribution in [2.24, 2.45) is 0 Å². The molecule has 2 fully saturated rings. The molecule has 192 valence electrons. The van der Waals surface area contributed by atoms with Crippen molar-refractivity contribution in [1.82, 2.24) is 9.80 Å². The van der Waals surface area contributed by atoms with E-state index in [0.717, 1.165) is 11.1 Å². The van der Waals surface area contributed by atoms with Crippen LogP contribution in [-0.2, 0) is 20.9 Å². The van der Waals surface area contributed by atoms with Crippen molar-refractivity contribution in [3.05, 3.63) is 65.2 Å². The standard InChI is InChI=1S/C27H32FN3O5/c1-17-2-4-18(5-3-17)15-31-13-11-24(26(31)33)30-12-10-21(22(28)16-30)19-6-8-20(9-7-19)36-25(32)14-23(29)27(34)35/h2-9,21-24H,10-16,29H2,1H3,(H,34,35)/p+1. The van der Waals surface area contributed by atoms with Crippen molar-refractivity contribution in [2.45, 2.75) is 56.9 Å². The number of halogens is 1. The zero-order valence-electron chi connectivity index (χ0n) is 20.4. The maximum Gasteiger partial charge on any atom is 0.362 e. The molecule has 4 N–H and O–H groups in total.